The van der Waals surface area contributed by atoms with Gasteiger partial charge in [0, 0.05) is 32.5 Å². The van der Waals surface area contributed by atoms with E-state index in [4.69, 9.17) is 4.74 Å². The van der Waals surface area contributed by atoms with E-state index >= 15 is 0 Å². The van der Waals surface area contributed by atoms with Crippen molar-refractivity contribution in [2.24, 2.45) is 13.0 Å². The van der Waals surface area contributed by atoms with E-state index in [0.29, 0.717) is 6.61 Å². The standard InChI is InChI=1S/C20H29N3O/c1-22(14-17-6-4-3-5-7-17)15-18-8-10-19(11-9-18)24-16-20-21-12-13-23(20)2/h8-13,17H,3-7,14-16H2,1-2H3. The Morgan fingerprint density at radius 2 is 1.92 bits per heavy atom. The molecule has 0 saturated heterocycles. The first-order valence-corrected chi connectivity index (χ1v) is 9.07. The topological polar surface area (TPSA) is 30.3 Å². The fourth-order valence-corrected chi connectivity index (χ4v) is 3.56. The Balaban J connectivity index is 1.46. The Morgan fingerprint density at radius 3 is 2.58 bits per heavy atom. The summed E-state index contributed by atoms with van der Waals surface area (Å²) in [5.41, 5.74) is 1.35. The molecule has 1 aromatic heterocycles. The normalized spacial score (nSPS) is 15.8. The highest BCUT2D eigenvalue weighted by molar-refractivity contribution is 5.27. The minimum atomic E-state index is 0.504. The monoisotopic (exact) mass is 327 g/mol. The molecule has 1 fully saturated rings. The van der Waals surface area contributed by atoms with Crippen LogP contribution >= 0.6 is 0 Å². The Bertz CT molecular complexity index is 614. The van der Waals surface area contributed by atoms with Gasteiger partial charge in [-0.2, -0.15) is 0 Å². The van der Waals surface area contributed by atoms with Gasteiger partial charge >= 0.3 is 0 Å². The van der Waals surface area contributed by atoms with Crippen LogP contribution in [0.2, 0.25) is 0 Å². The molecule has 0 spiro atoms. The molecule has 0 radical (unpaired) electrons. The summed E-state index contributed by atoms with van der Waals surface area (Å²) in [6.45, 7) is 2.73. The lowest BCUT2D eigenvalue weighted by Crippen LogP contribution is -2.26. The van der Waals surface area contributed by atoms with Gasteiger partial charge in [-0.1, -0.05) is 31.4 Å². The molecule has 24 heavy (non-hydrogen) atoms. The van der Waals surface area contributed by atoms with Gasteiger partial charge in [-0.05, 0) is 43.5 Å². The highest BCUT2D eigenvalue weighted by Gasteiger charge is 2.15. The maximum atomic E-state index is 5.82. The van der Waals surface area contributed by atoms with E-state index in [0.717, 1.165) is 24.0 Å². The minimum Gasteiger partial charge on any atom is -0.486 e. The van der Waals surface area contributed by atoms with Crippen molar-refractivity contribution in [2.75, 3.05) is 13.6 Å². The lowest BCUT2D eigenvalue weighted by molar-refractivity contribution is 0.228. The van der Waals surface area contributed by atoms with E-state index in [1.807, 2.05) is 17.8 Å². The second-order valence-corrected chi connectivity index (χ2v) is 7.09. The average Bonchev–Trinajstić information content (AvgIpc) is 3.00. The Hall–Kier alpha value is -1.81. The first-order chi connectivity index (χ1) is 11.7. The second kappa shape index (κ2) is 8.34. The molecule has 4 nitrogen and oxygen atoms in total. The van der Waals surface area contributed by atoms with E-state index in [9.17, 15) is 0 Å². The van der Waals surface area contributed by atoms with Crippen LogP contribution in [0, 0.1) is 5.92 Å². The molecule has 3 rings (SSSR count). The summed E-state index contributed by atoms with van der Waals surface area (Å²) in [5.74, 6) is 2.73. The van der Waals surface area contributed by atoms with Crippen LogP contribution < -0.4 is 4.74 Å². The van der Waals surface area contributed by atoms with Gasteiger partial charge in [0.15, 0.2) is 0 Å². The van der Waals surface area contributed by atoms with E-state index in [1.54, 1.807) is 6.20 Å². The molecule has 1 heterocycles. The van der Waals surface area contributed by atoms with Crippen LogP contribution in [0.5, 0.6) is 5.75 Å². The Morgan fingerprint density at radius 1 is 1.17 bits per heavy atom. The molecule has 1 aromatic carbocycles. The Kier molecular flexibility index (Phi) is 5.91. The van der Waals surface area contributed by atoms with E-state index in [1.165, 1.54) is 44.2 Å². The van der Waals surface area contributed by atoms with Crippen molar-refractivity contribution < 1.29 is 4.74 Å². The molecule has 1 saturated carbocycles. The number of imidazole rings is 1. The van der Waals surface area contributed by atoms with Gasteiger partial charge in [0.05, 0.1) is 0 Å². The number of hydrogen-bond acceptors (Lipinski definition) is 3. The number of nitrogens with zero attached hydrogens (tertiary/aromatic N) is 3. The molecular weight excluding hydrogens is 298 g/mol. The van der Waals surface area contributed by atoms with Gasteiger partial charge in [0.1, 0.15) is 18.2 Å². The lowest BCUT2D eigenvalue weighted by Gasteiger charge is -2.27. The average molecular weight is 327 g/mol. The first-order valence-electron chi connectivity index (χ1n) is 9.07. The second-order valence-electron chi connectivity index (χ2n) is 7.09. The molecule has 130 valence electrons. The zero-order valence-electron chi connectivity index (χ0n) is 14.9. The molecule has 0 atom stereocenters. The highest BCUT2D eigenvalue weighted by Crippen LogP contribution is 2.24. The number of benzene rings is 1. The Labute approximate surface area is 145 Å². The van der Waals surface area contributed by atoms with Gasteiger partial charge in [-0.25, -0.2) is 4.98 Å². The van der Waals surface area contributed by atoms with E-state index in [2.05, 4.69) is 41.2 Å². The van der Waals surface area contributed by atoms with Crippen LogP contribution in [0.4, 0.5) is 0 Å². The van der Waals surface area contributed by atoms with Crippen LogP contribution in [0.1, 0.15) is 43.5 Å². The van der Waals surface area contributed by atoms with Crippen molar-refractivity contribution in [1.82, 2.24) is 14.5 Å². The summed E-state index contributed by atoms with van der Waals surface area (Å²) in [7, 11) is 4.22. The van der Waals surface area contributed by atoms with Crippen LogP contribution in [0.3, 0.4) is 0 Å². The quantitative estimate of drug-likeness (QED) is 0.770. The minimum absolute atomic E-state index is 0.504. The van der Waals surface area contributed by atoms with Crippen molar-refractivity contribution in [2.45, 2.75) is 45.3 Å². The maximum absolute atomic E-state index is 5.82. The largest absolute Gasteiger partial charge is 0.486 e. The summed E-state index contributed by atoms with van der Waals surface area (Å²) in [6, 6.07) is 8.47. The first kappa shape index (κ1) is 17.0. The van der Waals surface area contributed by atoms with E-state index in [-0.39, 0.29) is 0 Å². The van der Waals surface area contributed by atoms with Crippen LogP contribution in [-0.2, 0) is 20.2 Å². The fraction of sp³-hybridized carbons (Fsp3) is 0.550. The van der Waals surface area contributed by atoms with Crippen molar-refractivity contribution in [3.8, 4) is 5.75 Å². The molecular formula is C20H29N3O. The van der Waals surface area contributed by atoms with Gasteiger partial charge in [-0.15, -0.1) is 0 Å². The third-order valence-electron chi connectivity index (χ3n) is 4.96. The molecule has 0 amide bonds. The van der Waals surface area contributed by atoms with Gasteiger partial charge in [-0.3, -0.25) is 0 Å². The van der Waals surface area contributed by atoms with Crippen molar-refractivity contribution in [3.63, 3.8) is 0 Å². The molecule has 1 aliphatic rings. The summed E-state index contributed by atoms with van der Waals surface area (Å²) in [6.07, 6.45) is 10.8. The van der Waals surface area contributed by atoms with Gasteiger partial charge in [0.2, 0.25) is 0 Å². The smallest absolute Gasteiger partial charge is 0.146 e. The van der Waals surface area contributed by atoms with Gasteiger partial charge in [0.25, 0.3) is 0 Å². The summed E-state index contributed by atoms with van der Waals surface area (Å²) in [4.78, 5) is 6.73. The number of aromatic nitrogens is 2. The molecule has 0 bridgehead atoms. The maximum Gasteiger partial charge on any atom is 0.146 e. The van der Waals surface area contributed by atoms with E-state index < -0.39 is 0 Å². The van der Waals surface area contributed by atoms with Crippen LogP contribution in [0.25, 0.3) is 0 Å². The number of aryl methyl sites for hydroxylation is 1. The van der Waals surface area contributed by atoms with Crippen molar-refractivity contribution in [3.05, 3.63) is 48.0 Å². The summed E-state index contributed by atoms with van der Waals surface area (Å²) < 4.78 is 7.80. The number of ether oxygens (including phenoxy) is 1. The fourth-order valence-electron chi connectivity index (χ4n) is 3.56. The third kappa shape index (κ3) is 4.84. The molecule has 0 unspecified atom stereocenters. The third-order valence-corrected chi connectivity index (χ3v) is 4.96. The lowest BCUT2D eigenvalue weighted by atomic mass is 9.89. The highest BCUT2D eigenvalue weighted by atomic mass is 16.5. The number of rotatable bonds is 7. The molecule has 1 aliphatic carbocycles. The van der Waals surface area contributed by atoms with Crippen molar-refractivity contribution in [1.29, 1.82) is 0 Å². The SMILES string of the molecule is CN(Cc1ccc(OCc2nccn2C)cc1)CC1CCCCC1. The predicted octanol–water partition coefficient (Wildman–Crippen LogP) is 4.01. The molecule has 4 heteroatoms. The molecule has 0 aliphatic heterocycles. The molecule has 0 N–H and O–H groups in total. The molecule has 2 aromatic rings. The summed E-state index contributed by atoms with van der Waals surface area (Å²) >= 11 is 0. The van der Waals surface area contributed by atoms with Crippen LogP contribution in [0.15, 0.2) is 36.7 Å². The zero-order valence-corrected chi connectivity index (χ0v) is 14.9. The van der Waals surface area contributed by atoms with Crippen LogP contribution in [-0.4, -0.2) is 28.0 Å². The zero-order chi connectivity index (χ0) is 16.8. The predicted molar refractivity (Wildman–Crippen MR) is 96.9 cm³/mol. The van der Waals surface area contributed by atoms with Gasteiger partial charge < -0.3 is 14.2 Å². The van der Waals surface area contributed by atoms with Crippen molar-refractivity contribution >= 4 is 0 Å². The number of hydrogen-bond donors (Lipinski definition) is 0. The summed E-state index contributed by atoms with van der Waals surface area (Å²) in [5, 5.41) is 0.